The summed E-state index contributed by atoms with van der Waals surface area (Å²) in [7, 11) is 0. The summed E-state index contributed by atoms with van der Waals surface area (Å²) in [5.41, 5.74) is -0.487. The van der Waals surface area contributed by atoms with Gasteiger partial charge in [-0.2, -0.15) is 0 Å². The first-order valence-electron chi connectivity index (χ1n) is 4.77. The third-order valence-corrected chi connectivity index (χ3v) is 1.88. The molecular formula is C10H16O4. The molecule has 0 aromatic carbocycles. The number of rotatable bonds is 2. The first-order valence-corrected chi connectivity index (χ1v) is 4.77. The van der Waals surface area contributed by atoms with Crippen molar-refractivity contribution >= 4 is 11.9 Å². The van der Waals surface area contributed by atoms with Crippen molar-refractivity contribution in [1.82, 2.24) is 0 Å². The molecule has 1 aliphatic rings. The van der Waals surface area contributed by atoms with Crippen LogP contribution in [-0.2, 0) is 19.1 Å². The Labute approximate surface area is 83.6 Å². The highest BCUT2D eigenvalue weighted by molar-refractivity contribution is 5.81. The zero-order valence-corrected chi connectivity index (χ0v) is 8.83. The van der Waals surface area contributed by atoms with Crippen molar-refractivity contribution in [2.75, 3.05) is 6.61 Å². The maximum Gasteiger partial charge on any atom is 0.309 e. The summed E-state index contributed by atoms with van der Waals surface area (Å²) in [4.78, 5) is 22.4. The molecule has 1 rings (SSSR count). The molecule has 4 heteroatoms. The van der Waals surface area contributed by atoms with Gasteiger partial charge in [0.05, 0.1) is 18.9 Å². The number of carbonyl (C=O) groups excluding carboxylic acids is 2. The maximum absolute atomic E-state index is 11.3. The van der Waals surface area contributed by atoms with Crippen molar-refractivity contribution in [2.24, 2.45) is 5.92 Å². The zero-order valence-electron chi connectivity index (χ0n) is 8.83. The third kappa shape index (κ3) is 3.36. The molecule has 1 heterocycles. The molecule has 0 saturated carbocycles. The molecule has 1 fully saturated rings. The van der Waals surface area contributed by atoms with Gasteiger partial charge in [0, 0.05) is 0 Å². The van der Waals surface area contributed by atoms with Crippen molar-refractivity contribution in [3.05, 3.63) is 0 Å². The third-order valence-electron chi connectivity index (χ3n) is 1.88. The van der Waals surface area contributed by atoms with Gasteiger partial charge in [0.2, 0.25) is 0 Å². The quantitative estimate of drug-likeness (QED) is 0.630. The van der Waals surface area contributed by atoms with E-state index in [1.54, 1.807) is 20.8 Å². The number of esters is 2. The van der Waals surface area contributed by atoms with E-state index in [2.05, 4.69) is 0 Å². The zero-order chi connectivity index (χ0) is 10.8. The molecule has 80 valence electrons. The van der Waals surface area contributed by atoms with Crippen LogP contribution in [0, 0.1) is 5.92 Å². The molecule has 0 aromatic heterocycles. The van der Waals surface area contributed by atoms with Crippen LogP contribution in [0.2, 0.25) is 0 Å². The Morgan fingerprint density at radius 2 is 2.21 bits per heavy atom. The standard InChI is InChI=1S/C10H16O4/c1-10(2,3)14-8(11)6-7-4-5-13-9(7)12/h7H,4-6H2,1-3H3. The van der Waals surface area contributed by atoms with E-state index >= 15 is 0 Å². The first kappa shape index (κ1) is 11.0. The van der Waals surface area contributed by atoms with Crippen LogP contribution < -0.4 is 0 Å². The Hall–Kier alpha value is -1.06. The second-order valence-electron chi connectivity index (χ2n) is 4.44. The van der Waals surface area contributed by atoms with Crippen LogP contribution in [0.3, 0.4) is 0 Å². The summed E-state index contributed by atoms with van der Waals surface area (Å²) in [5, 5.41) is 0. The van der Waals surface area contributed by atoms with Crippen LogP contribution in [-0.4, -0.2) is 24.1 Å². The Morgan fingerprint density at radius 3 is 2.64 bits per heavy atom. The molecule has 0 N–H and O–H groups in total. The minimum absolute atomic E-state index is 0.135. The lowest BCUT2D eigenvalue weighted by Crippen LogP contribution is -2.26. The Bertz CT molecular complexity index is 239. The van der Waals surface area contributed by atoms with Gasteiger partial charge in [0.15, 0.2) is 0 Å². The number of ether oxygens (including phenoxy) is 2. The van der Waals surface area contributed by atoms with Gasteiger partial charge in [-0.3, -0.25) is 9.59 Å². The van der Waals surface area contributed by atoms with Gasteiger partial charge in [-0.25, -0.2) is 0 Å². The molecule has 0 bridgehead atoms. The SMILES string of the molecule is CC(C)(C)OC(=O)CC1CCOC1=O. The van der Waals surface area contributed by atoms with Crippen molar-refractivity contribution in [3.8, 4) is 0 Å². The van der Waals surface area contributed by atoms with Crippen molar-refractivity contribution in [2.45, 2.75) is 39.2 Å². The Morgan fingerprint density at radius 1 is 1.57 bits per heavy atom. The fraction of sp³-hybridized carbons (Fsp3) is 0.800. The van der Waals surface area contributed by atoms with Crippen LogP contribution in [0.1, 0.15) is 33.6 Å². The van der Waals surface area contributed by atoms with Crippen LogP contribution in [0.4, 0.5) is 0 Å². The molecular weight excluding hydrogens is 184 g/mol. The summed E-state index contributed by atoms with van der Waals surface area (Å²) in [6.45, 7) is 5.83. The van der Waals surface area contributed by atoms with E-state index in [4.69, 9.17) is 9.47 Å². The van der Waals surface area contributed by atoms with Gasteiger partial charge < -0.3 is 9.47 Å². The maximum atomic E-state index is 11.3. The molecule has 0 aliphatic carbocycles. The van der Waals surface area contributed by atoms with Gasteiger partial charge in [0.25, 0.3) is 0 Å². The molecule has 0 amide bonds. The van der Waals surface area contributed by atoms with E-state index in [0.29, 0.717) is 13.0 Å². The van der Waals surface area contributed by atoms with Gasteiger partial charge in [-0.1, -0.05) is 0 Å². The predicted octanol–water partition coefficient (Wildman–Crippen LogP) is 1.28. The molecule has 0 spiro atoms. The summed E-state index contributed by atoms with van der Waals surface area (Å²) in [5.74, 6) is -0.915. The topological polar surface area (TPSA) is 52.6 Å². The van der Waals surface area contributed by atoms with E-state index < -0.39 is 5.60 Å². The van der Waals surface area contributed by atoms with E-state index in [1.807, 2.05) is 0 Å². The lowest BCUT2D eigenvalue weighted by molar-refractivity contribution is -0.158. The highest BCUT2D eigenvalue weighted by Gasteiger charge is 2.30. The largest absolute Gasteiger partial charge is 0.465 e. The number of hydrogen-bond donors (Lipinski definition) is 0. The highest BCUT2D eigenvalue weighted by Crippen LogP contribution is 2.20. The van der Waals surface area contributed by atoms with Crippen LogP contribution >= 0.6 is 0 Å². The van der Waals surface area contributed by atoms with Gasteiger partial charge in [-0.15, -0.1) is 0 Å². The minimum atomic E-state index is -0.487. The minimum Gasteiger partial charge on any atom is -0.465 e. The van der Waals surface area contributed by atoms with Crippen molar-refractivity contribution in [3.63, 3.8) is 0 Å². The molecule has 0 aromatic rings. The van der Waals surface area contributed by atoms with E-state index in [0.717, 1.165) is 0 Å². The molecule has 1 atom stereocenters. The summed E-state index contributed by atoms with van der Waals surface area (Å²) >= 11 is 0. The molecule has 1 saturated heterocycles. The average molecular weight is 200 g/mol. The lowest BCUT2D eigenvalue weighted by Gasteiger charge is -2.19. The fourth-order valence-electron chi connectivity index (χ4n) is 1.31. The summed E-state index contributed by atoms with van der Waals surface area (Å²) in [6, 6.07) is 0. The van der Waals surface area contributed by atoms with Gasteiger partial charge >= 0.3 is 11.9 Å². The van der Waals surface area contributed by atoms with Gasteiger partial charge in [-0.05, 0) is 27.2 Å². The van der Waals surface area contributed by atoms with Crippen molar-refractivity contribution in [1.29, 1.82) is 0 Å². The van der Waals surface area contributed by atoms with Crippen LogP contribution in [0.15, 0.2) is 0 Å². The molecule has 0 radical (unpaired) electrons. The summed E-state index contributed by atoms with van der Waals surface area (Å²) in [6.07, 6.45) is 0.758. The number of carbonyl (C=O) groups is 2. The van der Waals surface area contributed by atoms with Crippen LogP contribution in [0.5, 0.6) is 0 Å². The molecule has 1 aliphatic heterocycles. The monoisotopic (exact) mass is 200 g/mol. The normalized spacial score (nSPS) is 21.9. The number of cyclic esters (lactones) is 1. The second-order valence-corrected chi connectivity index (χ2v) is 4.44. The first-order chi connectivity index (χ1) is 6.38. The predicted molar refractivity (Wildman–Crippen MR) is 49.5 cm³/mol. The Kier molecular flexibility index (Phi) is 3.13. The highest BCUT2D eigenvalue weighted by atomic mass is 16.6. The molecule has 4 nitrogen and oxygen atoms in total. The Balaban J connectivity index is 2.37. The molecule has 14 heavy (non-hydrogen) atoms. The fourth-order valence-corrected chi connectivity index (χ4v) is 1.31. The van der Waals surface area contributed by atoms with E-state index in [9.17, 15) is 9.59 Å². The van der Waals surface area contributed by atoms with Crippen LogP contribution in [0.25, 0.3) is 0 Å². The number of hydrogen-bond acceptors (Lipinski definition) is 4. The van der Waals surface area contributed by atoms with E-state index in [-0.39, 0.29) is 24.3 Å². The average Bonchev–Trinajstić information content (AvgIpc) is 2.32. The van der Waals surface area contributed by atoms with E-state index in [1.165, 1.54) is 0 Å². The second kappa shape index (κ2) is 3.98. The summed E-state index contributed by atoms with van der Waals surface area (Å²) < 4.78 is 9.85. The smallest absolute Gasteiger partial charge is 0.309 e. The molecule has 1 unspecified atom stereocenters. The van der Waals surface area contributed by atoms with Crippen molar-refractivity contribution < 1.29 is 19.1 Å². The van der Waals surface area contributed by atoms with Gasteiger partial charge in [0.1, 0.15) is 5.60 Å². The lowest BCUT2D eigenvalue weighted by atomic mass is 10.0.